The molecule has 0 radical (unpaired) electrons. The second-order valence-corrected chi connectivity index (χ2v) is 10.5. The first-order valence-electron chi connectivity index (χ1n) is 10.4. The summed E-state index contributed by atoms with van der Waals surface area (Å²) in [6.45, 7) is 2.63. The summed E-state index contributed by atoms with van der Waals surface area (Å²) in [5, 5.41) is 1.41. The van der Waals surface area contributed by atoms with Gasteiger partial charge in [0.2, 0.25) is 0 Å². The highest BCUT2D eigenvalue weighted by Gasteiger charge is 2.32. The zero-order chi connectivity index (χ0) is 24.6. The van der Waals surface area contributed by atoms with Crippen molar-refractivity contribution in [3.63, 3.8) is 0 Å². The van der Waals surface area contributed by atoms with Crippen molar-refractivity contribution in [2.75, 3.05) is 29.8 Å². The first-order valence-corrected chi connectivity index (χ1v) is 12.8. The molecule has 34 heavy (non-hydrogen) atoms. The van der Waals surface area contributed by atoms with Gasteiger partial charge in [0, 0.05) is 54.9 Å². The lowest BCUT2D eigenvalue weighted by atomic mass is 10.1. The lowest BCUT2D eigenvalue weighted by Crippen LogP contribution is -2.35. The summed E-state index contributed by atoms with van der Waals surface area (Å²) < 4.78 is 84.8. The summed E-state index contributed by atoms with van der Waals surface area (Å²) in [6, 6.07) is 4.13. The summed E-state index contributed by atoms with van der Waals surface area (Å²) in [7, 11) is -2.86. The Balaban J connectivity index is 1.54. The van der Waals surface area contributed by atoms with Gasteiger partial charge in [-0.25, -0.2) is 31.0 Å². The Kier molecular flexibility index (Phi) is 6.83. The molecule has 0 amide bonds. The number of nitrogens with zero attached hydrogens (tertiary/aromatic N) is 3. The number of anilines is 2. The van der Waals surface area contributed by atoms with Gasteiger partial charge in [-0.15, -0.1) is 11.3 Å². The lowest BCUT2D eigenvalue weighted by Gasteiger charge is -2.29. The van der Waals surface area contributed by atoms with Gasteiger partial charge in [0.25, 0.3) is 10.0 Å². The van der Waals surface area contributed by atoms with E-state index >= 15 is 4.39 Å². The molecule has 0 aliphatic carbocycles. The Morgan fingerprint density at radius 3 is 2.68 bits per heavy atom. The quantitative estimate of drug-likeness (QED) is 0.470. The van der Waals surface area contributed by atoms with Crippen molar-refractivity contribution in [1.29, 1.82) is 0 Å². The number of likely N-dealkylation sites (N-methyl/N-ethyl adjacent to an activating group) is 1. The van der Waals surface area contributed by atoms with Crippen LogP contribution in [0, 0.1) is 30.2 Å². The predicted molar refractivity (Wildman–Crippen MR) is 122 cm³/mol. The van der Waals surface area contributed by atoms with Crippen LogP contribution in [0.3, 0.4) is 0 Å². The van der Waals surface area contributed by atoms with Crippen LogP contribution in [0.4, 0.5) is 29.1 Å². The van der Waals surface area contributed by atoms with E-state index in [2.05, 4.69) is 9.71 Å². The van der Waals surface area contributed by atoms with Crippen LogP contribution in [0.1, 0.15) is 17.5 Å². The van der Waals surface area contributed by atoms with E-state index in [1.807, 2.05) is 4.90 Å². The van der Waals surface area contributed by atoms with Gasteiger partial charge < -0.3 is 4.90 Å². The highest BCUT2D eigenvalue weighted by atomic mass is 32.2. The molecule has 2 heterocycles. The van der Waals surface area contributed by atoms with Crippen molar-refractivity contribution in [2.45, 2.75) is 30.8 Å². The average Bonchev–Trinajstić information content (AvgIpc) is 3.44. The molecule has 1 atom stereocenters. The number of likely N-dealkylation sites (tertiary alicyclic amines) is 1. The van der Waals surface area contributed by atoms with Gasteiger partial charge in [-0.05, 0) is 37.6 Å². The molecule has 4 rings (SSSR count). The van der Waals surface area contributed by atoms with Gasteiger partial charge in [0.1, 0.15) is 17.5 Å². The Hall–Kier alpha value is -2.70. The molecule has 0 spiro atoms. The van der Waals surface area contributed by atoms with Crippen molar-refractivity contribution < 1.29 is 26.0 Å². The number of rotatable bonds is 7. The monoisotopic (exact) mass is 514 g/mol. The number of sulfonamides is 1. The first-order chi connectivity index (χ1) is 16.1. The van der Waals surface area contributed by atoms with Crippen LogP contribution < -0.4 is 9.62 Å². The molecule has 1 fully saturated rings. The molecule has 6 nitrogen and oxygen atoms in total. The highest BCUT2D eigenvalue weighted by Crippen LogP contribution is 2.33. The Morgan fingerprint density at radius 1 is 1.21 bits per heavy atom. The van der Waals surface area contributed by atoms with E-state index in [-0.39, 0.29) is 35.2 Å². The third-order valence-electron chi connectivity index (χ3n) is 5.91. The SMILES string of the molecule is Cc1c(N(C)C2CCN(Cc3cc(F)ccc3F)C2)cc(F)c(S(=O)(=O)Nc2cscn2)c1F. The number of nitrogens with one attached hydrogen (secondary N) is 1. The van der Waals surface area contributed by atoms with E-state index in [0.29, 0.717) is 19.5 Å². The maximum absolute atomic E-state index is 15.1. The number of aromatic nitrogens is 1. The second kappa shape index (κ2) is 9.51. The molecule has 2 aromatic carbocycles. The third kappa shape index (κ3) is 4.89. The van der Waals surface area contributed by atoms with E-state index in [9.17, 15) is 21.6 Å². The number of halogens is 4. The molecule has 0 saturated carbocycles. The van der Waals surface area contributed by atoms with Crippen LogP contribution in [0.5, 0.6) is 0 Å². The largest absolute Gasteiger partial charge is 0.370 e. The molecule has 1 aliphatic heterocycles. The topological polar surface area (TPSA) is 65.5 Å². The first kappa shape index (κ1) is 24.4. The minimum Gasteiger partial charge on any atom is -0.370 e. The van der Waals surface area contributed by atoms with Gasteiger partial charge in [-0.1, -0.05) is 0 Å². The van der Waals surface area contributed by atoms with Crippen LogP contribution in [0.2, 0.25) is 0 Å². The molecule has 1 unspecified atom stereocenters. The van der Waals surface area contributed by atoms with Gasteiger partial charge in [0.05, 0.1) is 5.51 Å². The summed E-state index contributed by atoms with van der Waals surface area (Å²) in [4.78, 5) is 6.33. The van der Waals surface area contributed by atoms with Crippen molar-refractivity contribution in [3.8, 4) is 0 Å². The van der Waals surface area contributed by atoms with Crippen molar-refractivity contribution in [1.82, 2.24) is 9.88 Å². The predicted octanol–water partition coefficient (Wildman–Crippen LogP) is 4.52. The van der Waals surface area contributed by atoms with E-state index < -0.39 is 38.2 Å². The summed E-state index contributed by atoms with van der Waals surface area (Å²) in [5.41, 5.74) is 1.82. The smallest absolute Gasteiger partial charge is 0.268 e. The maximum atomic E-state index is 15.1. The van der Waals surface area contributed by atoms with Crippen LogP contribution in [-0.2, 0) is 16.6 Å². The molecular weight excluding hydrogens is 492 g/mol. The number of hydrogen-bond donors (Lipinski definition) is 1. The molecule has 1 aromatic heterocycles. The molecule has 1 aliphatic rings. The number of hydrogen-bond acceptors (Lipinski definition) is 6. The standard InChI is InChI=1S/C22H22F4N4O2S2/c1-13-19(8-18(25)22(21(13)26)34(31,32)28-20-11-33-12-27-20)29(2)16-5-6-30(10-16)9-14-7-15(23)3-4-17(14)24/h3-4,7-8,11-12,16,28H,5-6,9-10H2,1-2H3. The van der Waals surface area contributed by atoms with Crippen LogP contribution in [-0.4, -0.2) is 44.5 Å². The number of benzene rings is 2. The van der Waals surface area contributed by atoms with Gasteiger partial charge in [0.15, 0.2) is 16.5 Å². The van der Waals surface area contributed by atoms with E-state index in [0.717, 1.165) is 35.6 Å². The van der Waals surface area contributed by atoms with Crippen LogP contribution >= 0.6 is 11.3 Å². The zero-order valence-corrected chi connectivity index (χ0v) is 20.0. The fourth-order valence-electron chi connectivity index (χ4n) is 4.12. The summed E-state index contributed by atoms with van der Waals surface area (Å²) >= 11 is 1.13. The lowest BCUT2D eigenvalue weighted by molar-refractivity contribution is 0.319. The fraction of sp³-hybridized carbons (Fsp3) is 0.318. The van der Waals surface area contributed by atoms with Crippen LogP contribution in [0.25, 0.3) is 0 Å². The van der Waals surface area contributed by atoms with Crippen molar-refractivity contribution in [3.05, 3.63) is 69.6 Å². The van der Waals surface area contributed by atoms with E-state index in [4.69, 9.17) is 0 Å². The average molecular weight is 515 g/mol. The van der Waals surface area contributed by atoms with Crippen LogP contribution in [0.15, 0.2) is 40.1 Å². The molecule has 3 aromatic rings. The minimum atomic E-state index is -4.53. The van der Waals surface area contributed by atoms with Gasteiger partial charge in [-0.3, -0.25) is 9.62 Å². The molecule has 182 valence electrons. The molecule has 0 bridgehead atoms. The maximum Gasteiger partial charge on any atom is 0.268 e. The van der Waals surface area contributed by atoms with Crippen molar-refractivity contribution >= 4 is 32.9 Å². The second-order valence-electron chi connectivity index (χ2n) is 8.15. The zero-order valence-electron chi connectivity index (χ0n) is 18.4. The van der Waals surface area contributed by atoms with Gasteiger partial charge >= 0.3 is 0 Å². The fourth-order valence-corrected chi connectivity index (χ4v) is 5.87. The normalized spacial score (nSPS) is 16.7. The summed E-state index contributed by atoms with van der Waals surface area (Å²) in [5.74, 6) is -3.44. The third-order valence-corrected chi connectivity index (χ3v) is 7.89. The van der Waals surface area contributed by atoms with Crippen molar-refractivity contribution in [2.24, 2.45) is 0 Å². The summed E-state index contributed by atoms with van der Waals surface area (Å²) in [6.07, 6.45) is 0.627. The molecular formula is C22H22F4N4O2S2. The van der Waals surface area contributed by atoms with E-state index in [1.165, 1.54) is 17.8 Å². The number of thiazole rings is 1. The minimum absolute atomic E-state index is 0.0165. The Morgan fingerprint density at radius 2 is 1.97 bits per heavy atom. The Labute approximate surface area is 198 Å². The molecule has 12 heteroatoms. The molecule has 1 N–H and O–H groups in total. The molecule has 1 saturated heterocycles. The Bertz CT molecular complexity index is 1300. The van der Waals surface area contributed by atoms with E-state index in [1.54, 1.807) is 11.9 Å². The highest BCUT2D eigenvalue weighted by molar-refractivity contribution is 7.92. The van der Waals surface area contributed by atoms with Gasteiger partial charge in [-0.2, -0.15) is 0 Å².